The van der Waals surface area contributed by atoms with Crippen LogP contribution in [0, 0.1) is 7.43 Å². The molecule has 1 aliphatic heterocycles. The lowest BCUT2D eigenvalue weighted by Crippen LogP contribution is -2.16. The Balaban J connectivity index is 0.000000640. The third-order valence-corrected chi connectivity index (χ3v) is 1.33. The van der Waals surface area contributed by atoms with Crippen LogP contribution in [0.2, 0.25) is 0 Å². The van der Waals surface area contributed by atoms with Gasteiger partial charge < -0.3 is 4.90 Å². The van der Waals surface area contributed by atoms with Crippen LogP contribution in [-0.2, 0) is 4.79 Å². The highest BCUT2D eigenvalue weighted by molar-refractivity contribution is 5.78. The van der Waals surface area contributed by atoms with Crippen molar-refractivity contribution < 1.29 is 4.79 Å². The topological polar surface area (TPSA) is 20.3 Å². The van der Waals surface area contributed by atoms with Gasteiger partial charge in [0.05, 0.1) is 0 Å². The van der Waals surface area contributed by atoms with E-state index in [1.54, 1.807) is 11.1 Å². The van der Waals surface area contributed by atoms with Gasteiger partial charge in [0.15, 0.2) is 0 Å². The first-order chi connectivity index (χ1) is 3.84. The van der Waals surface area contributed by atoms with Crippen LogP contribution in [0.4, 0.5) is 0 Å². The first-order valence-electron chi connectivity index (χ1n) is 2.76. The molecule has 0 aliphatic carbocycles. The monoisotopic (exact) mass is 126 g/mol. The molecule has 1 saturated heterocycles. The van der Waals surface area contributed by atoms with E-state index in [0.717, 1.165) is 13.0 Å². The third-order valence-electron chi connectivity index (χ3n) is 1.33. The second kappa shape index (κ2) is 3.28. The number of carbonyl (C=O) groups is 1. The number of hydrogen-bond acceptors (Lipinski definition) is 1. The van der Waals surface area contributed by atoms with E-state index in [0.29, 0.717) is 6.42 Å². The summed E-state index contributed by atoms with van der Waals surface area (Å²) in [6.07, 6.45) is 3.28. The molecule has 0 unspecified atom stereocenters. The smallest absolute Gasteiger partial charge is 0.226 e. The third kappa shape index (κ3) is 1.56. The first kappa shape index (κ1) is 8.21. The second-order valence-corrected chi connectivity index (χ2v) is 1.87. The Kier molecular flexibility index (Phi) is 2.99. The van der Waals surface area contributed by atoms with Crippen molar-refractivity contribution in [1.82, 2.24) is 4.90 Å². The fourth-order valence-electron chi connectivity index (χ4n) is 0.862. The van der Waals surface area contributed by atoms with Crippen LogP contribution in [0.1, 0.15) is 12.8 Å². The van der Waals surface area contributed by atoms with E-state index in [2.05, 4.69) is 6.58 Å². The molecular formula is C7H12NO. The molecule has 9 heavy (non-hydrogen) atoms. The molecule has 0 saturated carbocycles. The van der Waals surface area contributed by atoms with Gasteiger partial charge in [-0.25, -0.2) is 0 Å². The van der Waals surface area contributed by atoms with Crippen LogP contribution in [0.5, 0.6) is 0 Å². The zero-order valence-electron chi connectivity index (χ0n) is 5.76. The van der Waals surface area contributed by atoms with Gasteiger partial charge in [-0.3, -0.25) is 4.79 Å². The maximum Gasteiger partial charge on any atom is 0.226 e. The number of rotatable bonds is 1. The standard InChI is InChI=1S/C6H9NO.CH3/c1-2-7-5-3-4-6(7)8;/h2H,1,3-5H2;1H3. The second-order valence-electron chi connectivity index (χ2n) is 1.87. The molecule has 1 rings (SSSR count). The van der Waals surface area contributed by atoms with Crippen LogP contribution in [-0.4, -0.2) is 17.4 Å². The molecule has 1 fully saturated rings. The number of carbonyl (C=O) groups excluding carboxylic acids is 1. The largest absolute Gasteiger partial charge is 0.320 e. The highest BCUT2D eigenvalue weighted by Crippen LogP contribution is 2.08. The highest BCUT2D eigenvalue weighted by atomic mass is 16.2. The summed E-state index contributed by atoms with van der Waals surface area (Å²) in [6.45, 7) is 4.36. The Morgan fingerprint density at radius 1 is 1.67 bits per heavy atom. The summed E-state index contributed by atoms with van der Waals surface area (Å²) in [5.74, 6) is 0.208. The molecule has 0 spiro atoms. The van der Waals surface area contributed by atoms with Crippen molar-refractivity contribution in [2.45, 2.75) is 12.8 Å². The van der Waals surface area contributed by atoms with Crippen LogP contribution < -0.4 is 0 Å². The molecule has 1 amide bonds. The van der Waals surface area contributed by atoms with Crippen molar-refractivity contribution in [3.63, 3.8) is 0 Å². The van der Waals surface area contributed by atoms with Crippen molar-refractivity contribution in [3.05, 3.63) is 20.2 Å². The van der Waals surface area contributed by atoms with Gasteiger partial charge in [-0.15, -0.1) is 0 Å². The van der Waals surface area contributed by atoms with Gasteiger partial charge in [0.25, 0.3) is 0 Å². The van der Waals surface area contributed by atoms with E-state index >= 15 is 0 Å². The van der Waals surface area contributed by atoms with Gasteiger partial charge in [0, 0.05) is 13.0 Å². The maximum absolute atomic E-state index is 10.7. The molecule has 0 bridgehead atoms. The summed E-state index contributed by atoms with van der Waals surface area (Å²) in [5.41, 5.74) is 0. The maximum atomic E-state index is 10.7. The Morgan fingerprint density at radius 3 is 2.56 bits per heavy atom. The lowest BCUT2D eigenvalue weighted by molar-refractivity contribution is -0.125. The van der Waals surface area contributed by atoms with Crippen LogP contribution in [0.3, 0.4) is 0 Å². The van der Waals surface area contributed by atoms with Gasteiger partial charge in [-0.2, -0.15) is 0 Å². The number of nitrogens with zero attached hydrogens (tertiary/aromatic N) is 1. The van der Waals surface area contributed by atoms with E-state index in [-0.39, 0.29) is 13.3 Å². The van der Waals surface area contributed by atoms with E-state index in [1.165, 1.54) is 0 Å². The molecule has 1 aliphatic rings. The van der Waals surface area contributed by atoms with Crippen molar-refractivity contribution in [3.8, 4) is 0 Å². The Hall–Kier alpha value is -0.790. The van der Waals surface area contributed by atoms with Crippen molar-refractivity contribution >= 4 is 5.91 Å². The summed E-state index contributed by atoms with van der Waals surface area (Å²) < 4.78 is 0. The SMILES string of the molecule is C=CN1CCCC1=O.[CH3]. The first-order valence-corrected chi connectivity index (χ1v) is 2.76. The minimum atomic E-state index is 0. The van der Waals surface area contributed by atoms with Gasteiger partial charge in [-0.1, -0.05) is 14.0 Å². The lowest BCUT2D eigenvalue weighted by Gasteiger charge is -2.05. The molecular weight excluding hydrogens is 114 g/mol. The zero-order valence-corrected chi connectivity index (χ0v) is 5.76. The summed E-state index contributed by atoms with van der Waals surface area (Å²) in [5, 5.41) is 0. The predicted molar refractivity (Wildman–Crippen MR) is 37.6 cm³/mol. The van der Waals surface area contributed by atoms with Crippen LogP contribution >= 0.6 is 0 Å². The Bertz CT molecular complexity index is 120. The molecule has 0 atom stereocenters. The highest BCUT2D eigenvalue weighted by Gasteiger charge is 2.15. The molecule has 51 valence electrons. The molecule has 0 aromatic rings. The van der Waals surface area contributed by atoms with Crippen molar-refractivity contribution in [1.29, 1.82) is 0 Å². The summed E-state index contributed by atoms with van der Waals surface area (Å²) in [6, 6.07) is 0. The zero-order chi connectivity index (χ0) is 5.98. The van der Waals surface area contributed by atoms with Crippen LogP contribution in [0.15, 0.2) is 12.8 Å². The lowest BCUT2D eigenvalue weighted by atomic mass is 10.4. The normalized spacial score (nSPS) is 17.3. The molecule has 2 heteroatoms. The molecule has 2 nitrogen and oxygen atoms in total. The summed E-state index contributed by atoms with van der Waals surface area (Å²) >= 11 is 0. The molecule has 1 heterocycles. The summed E-state index contributed by atoms with van der Waals surface area (Å²) in [7, 11) is 0. The average molecular weight is 126 g/mol. The Labute approximate surface area is 56.2 Å². The van der Waals surface area contributed by atoms with E-state index < -0.39 is 0 Å². The van der Waals surface area contributed by atoms with E-state index in [9.17, 15) is 4.79 Å². The number of likely N-dealkylation sites (tertiary alicyclic amines) is 1. The number of hydrogen-bond donors (Lipinski definition) is 0. The minimum absolute atomic E-state index is 0. The summed E-state index contributed by atoms with van der Waals surface area (Å²) in [4.78, 5) is 12.3. The van der Waals surface area contributed by atoms with Gasteiger partial charge in [0.1, 0.15) is 0 Å². The molecule has 0 N–H and O–H groups in total. The van der Waals surface area contributed by atoms with E-state index in [4.69, 9.17) is 0 Å². The van der Waals surface area contributed by atoms with Gasteiger partial charge in [-0.05, 0) is 12.6 Å². The Morgan fingerprint density at radius 2 is 2.33 bits per heavy atom. The fourth-order valence-corrected chi connectivity index (χ4v) is 0.862. The quantitative estimate of drug-likeness (QED) is 0.517. The van der Waals surface area contributed by atoms with Crippen molar-refractivity contribution in [2.75, 3.05) is 6.54 Å². The molecule has 0 aromatic carbocycles. The number of amides is 1. The van der Waals surface area contributed by atoms with Gasteiger partial charge >= 0.3 is 0 Å². The molecule has 0 aromatic heterocycles. The average Bonchev–Trinajstić information content (AvgIpc) is 2.14. The molecule has 1 radical (unpaired) electrons. The van der Waals surface area contributed by atoms with Crippen molar-refractivity contribution in [2.24, 2.45) is 0 Å². The fraction of sp³-hybridized carbons (Fsp3) is 0.429. The predicted octanol–water partition coefficient (Wildman–Crippen LogP) is 1.20. The van der Waals surface area contributed by atoms with Gasteiger partial charge in [0.2, 0.25) is 5.91 Å². The van der Waals surface area contributed by atoms with E-state index in [1.807, 2.05) is 0 Å². The minimum Gasteiger partial charge on any atom is -0.320 e. The van der Waals surface area contributed by atoms with Crippen LogP contribution in [0.25, 0.3) is 0 Å².